The van der Waals surface area contributed by atoms with E-state index in [1.807, 2.05) is 13.1 Å². The van der Waals surface area contributed by atoms with Crippen LogP contribution in [0.2, 0.25) is 0 Å². The van der Waals surface area contributed by atoms with Crippen molar-refractivity contribution >= 4 is 5.95 Å². The van der Waals surface area contributed by atoms with Gasteiger partial charge < -0.3 is 15.5 Å². The Morgan fingerprint density at radius 2 is 2.05 bits per heavy atom. The molecular weight excluding hydrogens is 238 g/mol. The Labute approximate surface area is 115 Å². The summed E-state index contributed by atoms with van der Waals surface area (Å²) >= 11 is 0. The highest BCUT2D eigenvalue weighted by Gasteiger charge is 2.21. The maximum Gasteiger partial charge on any atom is 0.225 e. The van der Waals surface area contributed by atoms with Crippen LogP contribution in [0.5, 0.6) is 0 Å². The molecule has 2 heterocycles. The van der Waals surface area contributed by atoms with Gasteiger partial charge in [0.15, 0.2) is 0 Å². The van der Waals surface area contributed by atoms with Gasteiger partial charge in [0.25, 0.3) is 0 Å². The lowest BCUT2D eigenvalue weighted by Gasteiger charge is -2.33. The summed E-state index contributed by atoms with van der Waals surface area (Å²) in [5.41, 5.74) is 7.68. The normalized spacial score (nSPS) is 17.2. The summed E-state index contributed by atoms with van der Waals surface area (Å²) < 4.78 is 0. The van der Waals surface area contributed by atoms with Gasteiger partial charge in [0.2, 0.25) is 5.95 Å². The summed E-state index contributed by atoms with van der Waals surface area (Å²) in [5.74, 6) is 1.66. The van der Waals surface area contributed by atoms with Crippen LogP contribution in [0.1, 0.15) is 24.1 Å². The number of aryl methyl sites for hydroxylation is 1. The topological polar surface area (TPSA) is 58.3 Å². The number of aromatic nitrogens is 2. The van der Waals surface area contributed by atoms with Crippen LogP contribution in [0.25, 0.3) is 0 Å². The molecule has 19 heavy (non-hydrogen) atoms. The van der Waals surface area contributed by atoms with Crippen molar-refractivity contribution in [1.29, 1.82) is 0 Å². The molecule has 106 valence electrons. The Morgan fingerprint density at radius 3 is 2.58 bits per heavy atom. The standard InChI is InChI=1S/C14H25N5/c1-11-13(8-15)9-16-14(17-11)19-6-4-12(5-7-19)10-18(2)3/h9,12H,4-8,10,15H2,1-3H3. The summed E-state index contributed by atoms with van der Waals surface area (Å²) in [5, 5.41) is 0. The molecule has 0 aliphatic carbocycles. The van der Waals surface area contributed by atoms with E-state index in [0.29, 0.717) is 6.54 Å². The Balaban J connectivity index is 1.96. The van der Waals surface area contributed by atoms with E-state index >= 15 is 0 Å². The monoisotopic (exact) mass is 263 g/mol. The molecule has 0 bridgehead atoms. The first kappa shape index (κ1) is 14.2. The summed E-state index contributed by atoms with van der Waals surface area (Å²) in [6.45, 7) is 5.81. The average Bonchev–Trinajstić information content (AvgIpc) is 2.39. The third-order valence-corrected chi connectivity index (χ3v) is 3.81. The van der Waals surface area contributed by atoms with Crippen LogP contribution in [-0.4, -0.2) is 48.6 Å². The van der Waals surface area contributed by atoms with Crippen LogP contribution in [0.4, 0.5) is 5.95 Å². The van der Waals surface area contributed by atoms with E-state index in [9.17, 15) is 0 Å². The minimum absolute atomic E-state index is 0.511. The van der Waals surface area contributed by atoms with E-state index in [-0.39, 0.29) is 0 Å². The van der Waals surface area contributed by atoms with Gasteiger partial charge in [-0.05, 0) is 39.8 Å². The summed E-state index contributed by atoms with van der Waals surface area (Å²) in [6.07, 6.45) is 4.31. The second-order valence-corrected chi connectivity index (χ2v) is 5.68. The zero-order chi connectivity index (χ0) is 13.8. The first-order valence-corrected chi connectivity index (χ1v) is 7.02. The molecule has 1 fully saturated rings. The summed E-state index contributed by atoms with van der Waals surface area (Å²) in [7, 11) is 4.29. The molecule has 0 spiro atoms. The van der Waals surface area contributed by atoms with Gasteiger partial charge in [-0.3, -0.25) is 0 Å². The first-order chi connectivity index (χ1) is 9.10. The molecule has 1 aromatic rings. The van der Waals surface area contributed by atoms with Gasteiger partial charge in [-0.2, -0.15) is 0 Å². The largest absolute Gasteiger partial charge is 0.341 e. The second-order valence-electron chi connectivity index (χ2n) is 5.68. The summed E-state index contributed by atoms with van der Waals surface area (Å²) in [4.78, 5) is 13.6. The molecule has 0 aromatic carbocycles. The predicted octanol–water partition coefficient (Wildman–Crippen LogP) is 1.02. The first-order valence-electron chi connectivity index (χ1n) is 7.02. The van der Waals surface area contributed by atoms with E-state index in [0.717, 1.165) is 36.2 Å². The highest BCUT2D eigenvalue weighted by molar-refractivity contribution is 5.33. The molecular formula is C14H25N5. The Morgan fingerprint density at radius 1 is 1.37 bits per heavy atom. The van der Waals surface area contributed by atoms with Gasteiger partial charge in [-0.25, -0.2) is 9.97 Å². The fourth-order valence-corrected chi connectivity index (χ4v) is 2.66. The molecule has 0 unspecified atom stereocenters. The lowest BCUT2D eigenvalue weighted by atomic mass is 9.97. The van der Waals surface area contributed by atoms with Crippen LogP contribution < -0.4 is 10.6 Å². The molecule has 0 atom stereocenters. The van der Waals surface area contributed by atoms with Crippen molar-refractivity contribution in [2.24, 2.45) is 11.7 Å². The highest BCUT2D eigenvalue weighted by Crippen LogP contribution is 2.21. The SMILES string of the molecule is Cc1nc(N2CCC(CN(C)C)CC2)ncc1CN. The van der Waals surface area contributed by atoms with Crippen LogP contribution in [0, 0.1) is 12.8 Å². The number of anilines is 1. The Hall–Kier alpha value is -1.20. The van der Waals surface area contributed by atoms with E-state index in [4.69, 9.17) is 5.73 Å². The fraction of sp³-hybridized carbons (Fsp3) is 0.714. The van der Waals surface area contributed by atoms with Gasteiger partial charge in [0.05, 0.1) is 0 Å². The van der Waals surface area contributed by atoms with E-state index in [1.165, 1.54) is 19.4 Å². The van der Waals surface area contributed by atoms with Gasteiger partial charge in [-0.15, -0.1) is 0 Å². The van der Waals surface area contributed by atoms with Gasteiger partial charge in [0, 0.05) is 43.6 Å². The minimum atomic E-state index is 0.511. The highest BCUT2D eigenvalue weighted by atomic mass is 15.3. The third-order valence-electron chi connectivity index (χ3n) is 3.81. The number of piperidine rings is 1. The molecule has 1 aromatic heterocycles. The molecule has 1 aliphatic heterocycles. The molecule has 1 saturated heterocycles. The lowest BCUT2D eigenvalue weighted by Crippen LogP contribution is -2.38. The van der Waals surface area contributed by atoms with Crippen LogP contribution in [-0.2, 0) is 6.54 Å². The molecule has 0 amide bonds. The molecule has 2 rings (SSSR count). The Bertz CT molecular complexity index is 410. The number of hydrogen-bond donors (Lipinski definition) is 1. The van der Waals surface area contributed by atoms with Crippen molar-refractivity contribution in [2.75, 3.05) is 38.6 Å². The summed E-state index contributed by atoms with van der Waals surface area (Å²) in [6, 6.07) is 0. The number of rotatable bonds is 4. The van der Waals surface area contributed by atoms with Gasteiger partial charge >= 0.3 is 0 Å². The van der Waals surface area contributed by atoms with Gasteiger partial charge in [-0.1, -0.05) is 0 Å². The van der Waals surface area contributed by atoms with Crippen molar-refractivity contribution in [3.05, 3.63) is 17.5 Å². The molecule has 1 aliphatic rings. The van der Waals surface area contributed by atoms with Crippen molar-refractivity contribution in [1.82, 2.24) is 14.9 Å². The maximum absolute atomic E-state index is 5.65. The van der Waals surface area contributed by atoms with Crippen LogP contribution in [0.15, 0.2) is 6.20 Å². The molecule has 5 heteroatoms. The van der Waals surface area contributed by atoms with Crippen molar-refractivity contribution in [3.8, 4) is 0 Å². The molecule has 5 nitrogen and oxygen atoms in total. The van der Waals surface area contributed by atoms with Crippen LogP contribution >= 0.6 is 0 Å². The quantitative estimate of drug-likeness (QED) is 0.879. The number of nitrogens with zero attached hydrogens (tertiary/aromatic N) is 4. The van der Waals surface area contributed by atoms with Crippen LogP contribution in [0.3, 0.4) is 0 Å². The number of nitrogens with two attached hydrogens (primary N) is 1. The molecule has 0 radical (unpaired) electrons. The van der Waals surface area contributed by atoms with Gasteiger partial charge in [0.1, 0.15) is 0 Å². The van der Waals surface area contributed by atoms with Crippen molar-refractivity contribution in [2.45, 2.75) is 26.3 Å². The van der Waals surface area contributed by atoms with E-state index in [1.54, 1.807) is 0 Å². The molecule has 2 N–H and O–H groups in total. The smallest absolute Gasteiger partial charge is 0.225 e. The van der Waals surface area contributed by atoms with Crippen molar-refractivity contribution in [3.63, 3.8) is 0 Å². The predicted molar refractivity (Wildman–Crippen MR) is 78.2 cm³/mol. The maximum atomic E-state index is 5.65. The van der Waals surface area contributed by atoms with E-state index < -0.39 is 0 Å². The minimum Gasteiger partial charge on any atom is -0.341 e. The Kier molecular flexibility index (Phi) is 4.71. The zero-order valence-corrected chi connectivity index (χ0v) is 12.3. The number of hydrogen-bond acceptors (Lipinski definition) is 5. The lowest BCUT2D eigenvalue weighted by molar-refractivity contribution is 0.284. The zero-order valence-electron chi connectivity index (χ0n) is 12.3. The molecule has 0 saturated carbocycles. The second kappa shape index (κ2) is 6.30. The van der Waals surface area contributed by atoms with E-state index in [2.05, 4.69) is 33.9 Å². The fourth-order valence-electron chi connectivity index (χ4n) is 2.66. The third kappa shape index (κ3) is 3.64. The average molecular weight is 263 g/mol. The van der Waals surface area contributed by atoms with Crippen molar-refractivity contribution < 1.29 is 0 Å².